The number of nitrogens with zero attached hydrogens (tertiary/aromatic N) is 1. The predicted molar refractivity (Wildman–Crippen MR) is 43.3 cm³/mol. The second-order valence-electron chi connectivity index (χ2n) is 3.55. The average Bonchev–Trinajstić information content (AvgIpc) is 2.03. The molecule has 0 spiro atoms. The standard InChI is InChI=1S/C8H17NO2/c1-9-3-7(5-10)2-8(4-9)6-11/h7-8,10-11H,2-6H2,1H3/t7-,8+. The molecule has 0 aliphatic carbocycles. The molecule has 0 bridgehead atoms. The van der Waals surface area contributed by atoms with Crippen molar-refractivity contribution in [3.05, 3.63) is 0 Å². The van der Waals surface area contributed by atoms with Gasteiger partial charge in [0.2, 0.25) is 0 Å². The molecule has 66 valence electrons. The maximum atomic E-state index is 8.91. The first-order chi connectivity index (χ1) is 5.26. The summed E-state index contributed by atoms with van der Waals surface area (Å²) in [7, 11) is 2.03. The Labute approximate surface area is 67.6 Å². The number of aliphatic hydroxyl groups excluding tert-OH is 2. The van der Waals surface area contributed by atoms with Gasteiger partial charge in [0, 0.05) is 26.3 Å². The van der Waals surface area contributed by atoms with Crippen molar-refractivity contribution in [1.29, 1.82) is 0 Å². The molecule has 0 aromatic heterocycles. The Morgan fingerprint density at radius 1 is 1.18 bits per heavy atom. The Hall–Kier alpha value is -0.120. The van der Waals surface area contributed by atoms with E-state index < -0.39 is 0 Å². The van der Waals surface area contributed by atoms with Crippen molar-refractivity contribution in [1.82, 2.24) is 4.90 Å². The summed E-state index contributed by atoms with van der Waals surface area (Å²) in [6, 6.07) is 0. The van der Waals surface area contributed by atoms with E-state index in [4.69, 9.17) is 10.2 Å². The van der Waals surface area contributed by atoms with Crippen molar-refractivity contribution >= 4 is 0 Å². The Morgan fingerprint density at radius 2 is 1.64 bits per heavy atom. The molecule has 3 heteroatoms. The molecule has 0 unspecified atom stereocenters. The summed E-state index contributed by atoms with van der Waals surface area (Å²) in [5, 5.41) is 17.8. The highest BCUT2D eigenvalue weighted by atomic mass is 16.3. The summed E-state index contributed by atoms with van der Waals surface area (Å²) in [6.45, 7) is 2.43. The largest absolute Gasteiger partial charge is 0.396 e. The van der Waals surface area contributed by atoms with E-state index in [-0.39, 0.29) is 13.2 Å². The van der Waals surface area contributed by atoms with Gasteiger partial charge in [-0.3, -0.25) is 0 Å². The van der Waals surface area contributed by atoms with Crippen LogP contribution in [0.15, 0.2) is 0 Å². The molecule has 2 N–H and O–H groups in total. The second kappa shape index (κ2) is 4.04. The molecule has 0 amide bonds. The Balaban J connectivity index is 2.37. The quantitative estimate of drug-likeness (QED) is 0.573. The van der Waals surface area contributed by atoms with Gasteiger partial charge in [-0.05, 0) is 25.3 Å². The smallest absolute Gasteiger partial charge is 0.0471 e. The third-order valence-corrected chi connectivity index (χ3v) is 2.32. The highest BCUT2D eigenvalue weighted by Crippen LogP contribution is 2.19. The third kappa shape index (κ3) is 2.43. The Morgan fingerprint density at radius 3 is 2.00 bits per heavy atom. The lowest BCUT2D eigenvalue weighted by atomic mass is 9.91. The topological polar surface area (TPSA) is 43.7 Å². The molecule has 1 aliphatic rings. The fourth-order valence-electron chi connectivity index (χ4n) is 1.84. The number of piperidine rings is 1. The molecular formula is C8H17NO2. The monoisotopic (exact) mass is 159 g/mol. The van der Waals surface area contributed by atoms with E-state index in [1.807, 2.05) is 7.05 Å². The molecule has 0 aromatic carbocycles. The molecule has 1 heterocycles. The molecule has 3 nitrogen and oxygen atoms in total. The minimum absolute atomic E-state index is 0.251. The SMILES string of the molecule is CN1C[C@H](CO)C[C@H](CO)C1. The van der Waals surface area contributed by atoms with Crippen molar-refractivity contribution in [2.75, 3.05) is 33.4 Å². The van der Waals surface area contributed by atoms with Gasteiger partial charge in [-0.2, -0.15) is 0 Å². The molecule has 1 rings (SSSR count). The van der Waals surface area contributed by atoms with Gasteiger partial charge in [0.15, 0.2) is 0 Å². The molecule has 11 heavy (non-hydrogen) atoms. The lowest BCUT2D eigenvalue weighted by Gasteiger charge is -2.33. The van der Waals surface area contributed by atoms with E-state index in [9.17, 15) is 0 Å². The Bertz CT molecular complexity index is 107. The zero-order valence-corrected chi connectivity index (χ0v) is 7.03. The number of hydrogen-bond acceptors (Lipinski definition) is 3. The van der Waals surface area contributed by atoms with Gasteiger partial charge in [0.05, 0.1) is 0 Å². The maximum Gasteiger partial charge on any atom is 0.0471 e. The van der Waals surface area contributed by atoms with E-state index >= 15 is 0 Å². The van der Waals surface area contributed by atoms with Crippen LogP contribution in [0.4, 0.5) is 0 Å². The van der Waals surface area contributed by atoms with Gasteiger partial charge in [0.1, 0.15) is 0 Å². The minimum Gasteiger partial charge on any atom is -0.396 e. The summed E-state index contributed by atoms with van der Waals surface area (Å²) in [4.78, 5) is 2.17. The minimum atomic E-state index is 0.251. The molecule has 2 atom stereocenters. The first-order valence-corrected chi connectivity index (χ1v) is 4.16. The summed E-state index contributed by atoms with van der Waals surface area (Å²) in [5.74, 6) is 0.733. The molecule has 0 saturated carbocycles. The van der Waals surface area contributed by atoms with Crippen molar-refractivity contribution in [3.63, 3.8) is 0 Å². The fourth-order valence-corrected chi connectivity index (χ4v) is 1.84. The molecule has 1 fully saturated rings. The molecule has 1 aliphatic heterocycles. The van der Waals surface area contributed by atoms with Crippen LogP contribution in [-0.2, 0) is 0 Å². The van der Waals surface area contributed by atoms with Crippen LogP contribution in [0.5, 0.6) is 0 Å². The zero-order chi connectivity index (χ0) is 8.27. The molecule has 0 aromatic rings. The van der Waals surface area contributed by atoms with E-state index in [2.05, 4.69) is 4.90 Å². The van der Waals surface area contributed by atoms with Crippen LogP contribution in [0.25, 0.3) is 0 Å². The number of hydrogen-bond donors (Lipinski definition) is 2. The summed E-state index contributed by atoms with van der Waals surface area (Å²) < 4.78 is 0. The van der Waals surface area contributed by atoms with Crippen molar-refractivity contribution in [2.45, 2.75) is 6.42 Å². The van der Waals surface area contributed by atoms with Gasteiger partial charge in [-0.15, -0.1) is 0 Å². The van der Waals surface area contributed by atoms with E-state index in [1.165, 1.54) is 0 Å². The normalized spacial score (nSPS) is 34.1. The fraction of sp³-hybridized carbons (Fsp3) is 1.00. The van der Waals surface area contributed by atoms with E-state index in [1.54, 1.807) is 0 Å². The maximum absolute atomic E-state index is 8.91. The lowest BCUT2D eigenvalue weighted by Crippen LogP contribution is -2.40. The van der Waals surface area contributed by atoms with Crippen molar-refractivity contribution in [2.24, 2.45) is 11.8 Å². The first kappa shape index (κ1) is 8.97. The van der Waals surface area contributed by atoms with Gasteiger partial charge < -0.3 is 15.1 Å². The zero-order valence-electron chi connectivity index (χ0n) is 7.03. The number of likely N-dealkylation sites (tertiary alicyclic amines) is 1. The van der Waals surface area contributed by atoms with Crippen molar-refractivity contribution in [3.8, 4) is 0 Å². The van der Waals surface area contributed by atoms with Crippen LogP contribution in [-0.4, -0.2) is 48.5 Å². The predicted octanol–water partition coefficient (Wildman–Crippen LogP) is -0.461. The average molecular weight is 159 g/mol. The van der Waals surface area contributed by atoms with Crippen molar-refractivity contribution < 1.29 is 10.2 Å². The van der Waals surface area contributed by atoms with Crippen LogP contribution in [0.2, 0.25) is 0 Å². The second-order valence-corrected chi connectivity index (χ2v) is 3.55. The number of aliphatic hydroxyl groups is 2. The van der Waals surface area contributed by atoms with Crippen LogP contribution in [0.3, 0.4) is 0 Å². The van der Waals surface area contributed by atoms with Crippen LogP contribution in [0.1, 0.15) is 6.42 Å². The summed E-state index contributed by atoms with van der Waals surface area (Å²) in [5.41, 5.74) is 0. The first-order valence-electron chi connectivity index (χ1n) is 4.16. The van der Waals surface area contributed by atoms with Crippen LogP contribution >= 0.6 is 0 Å². The van der Waals surface area contributed by atoms with Gasteiger partial charge in [-0.25, -0.2) is 0 Å². The van der Waals surface area contributed by atoms with Crippen LogP contribution < -0.4 is 0 Å². The molecular weight excluding hydrogens is 142 g/mol. The highest BCUT2D eigenvalue weighted by Gasteiger charge is 2.23. The summed E-state index contributed by atoms with van der Waals surface area (Å²) in [6.07, 6.45) is 0.970. The molecule has 1 saturated heterocycles. The van der Waals surface area contributed by atoms with Gasteiger partial charge in [-0.1, -0.05) is 0 Å². The van der Waals surface area contributed by atoms with Gasteiger partial charge >= 0.3 is 0 Å². The Kier molecular flexibility index (Phi) is 3.30. The summed E-state index contributed by atoms with van der Waals surface area (Å²) >= 11 is 0. The van der Waals surface area contributed by atoms with E-state index in [0.29, 0.717) is 11.8 Å². The van der Waals surface area contributed by atoms with E-state index in [0.717, 1.165) is 19.5 Å². The lowest BCUT2D eigenvalue weighted by molar-refractivity contribution is 0.0721. The molecule has 0 radical (unpaired) electrons. The number of rotatable bonds is 2. The van der Waals surface area contributed by atoms with Crippen LogP contribution in [0, 0.1) is 11.8 Å². The highest BCUT2D eigenvalue weighted by molar-refractivity contribution is 4.76. The van der Waals surface area contributed by atoms with Gasteiger partial charge in [0.25, 0.3) is 0 Å². The third-order valence-electron chi connectivity index (χ3n) is 2.32.